The number of hydrogen-bond acceptors (Lipinski definition) is 5. The molecule has 29 heavy (non-hydrogen) atoms. The molecule has 0 aliphatic heterocycles. The van der Waals surface area contributed by atoms with Crippen LogP contribution in [0.3, 0.4) is 0 Å². The second-order valence-corrected chi connectivity index (χ2v) is 7.31. The molecule has 3 aromatic rings. The number of carbonyl (C=O) groups excluding carboxylic acids is 2. The van der Waals surface area contributed by atoms with E-state index in [1.807, 2.05) is 0 Å². The Morgan fingerprint density at radius 3 is 2.59 bits per heavy atom. The second kappa shape index (κ2) is 9.53. The molecule has 0 fully saturated rings. The summed E-state index contributed by atoms with van der Waals surface area (Å²) in [5.74, 6) is -0.294. The van der Waals surface area contributed by atoms with Gasteiger partial charge in [-0.15, -0.1) is 10.2 Å². The summed E-state index contributed by atoms with van der Waals surface area (Å²) >= 11 is 7.22. The Bertz CT molecular complexity index is 1030. The van der Waals surface area contributed by atoms with Crippen molar-refractivity contribution >= 4 is 40.9 Å². The van der Waals surface area contributed by atoms with Crippen molar-refractivity contribution in [1.82, 2.24) is 20.1 Å². The van der Waals surface area contributed by atoms with E-state index in [1.54, 1.807) is 35.9 Å². The lowest BCUT2D eigenvalue weighted by Gasteiger charge is -2.07. The van der Waals surface area contributed by atoms with Gasteiger partial charge in [-0.25, -0.2) is 4.39 Å². The summed E-state index contributed by atoms with van der Waals surface area (Å²) in [4.78, 5) is 24.3. The third kappa shape index (κ3) is 5.55. The van der Waals surface area contributed by atoms with Crippen LogP contribution in [0.25, 0.3) is 0 Å². The van der Waals surface area contributed by atoms with Gasteiger partial charge in [0.1, 0.15) is 5.82 Å². The van der Waals surface area contributed by atoms with Crippen molar-refractivity contribution in [2.75, 3.05) is 11.1 Å². The Kier molecular flexibility index (Phi) is 6.84. The van der Waals surface area contributed by atoms with Crippen LogP contribution in [-0.4, -0.2) is 32.3 Å². The predicted octanol–water partition coefficient (Wildman–Crippen LogP) is 3.27. The van der Waals surface area contributed by atoms with Crippen molar-refractivity contribution in [3.63, 3.8) is 0 Å². The highest BCUT2D eigenvalue weighted by Gasteiger charge is 2.14. The maximum absolute atomic E-state index is 12.9. The molecule has 0 saturated heterocycles. The zero-order valence-electron chi connectivity index (χ0n) is 15.4. The zero-order valence-corrected chi connectivity index (χ0v) is 16.9. The number of hydrogen-bond donors (Lipinski definition) is 2. The maximum Gasteiger partial charge on any atom is 0.253 e. The van der Waals surface area contributed by atoms with E-state index in [2.05, 4.69) is 20.8 Å². The molecule has 150 valence electrons. The summed E-state index contributed by atoms with van der Waals surface area (Å²) in [5.41, 5.74) is 0.890. The highest BCUT2D eigenvalue weighted by atomic mass is 35.5. The Morgan fingerprint density at radius 1 is 1.14 bits per heavy atom. The molecule has 10 heteroatoms. The topological polar surface area (TPSA) is 88.9 Å². The van der Waals surface area contributed by atoms with Crippen LogP contribution < -0.4 is 10.6 Å². The average Bonchev–Trinajstić information content (AvgIpc) is 3.06. The first kappa shape index (κ1) is 20.8. The van der Waals surface area contributed by atoms with E-state index in [-0.39, 0.29) is 29.9 Å². The van der Waals surface area contributed by atoms with Gasteiger partial charge in [0.2, 0.25) is 5.91 Å². The molecule has 0 spiro atoms. The number of aromatic nitrogens is 3. The third-order valence-corrected chi connectivity index (χ3v) is 5.26. The van der Waals surface area contributed by atoms with Crippen LogP contribution in [0.15, 0.2) is 53.7 Å². The molecule has 7 nitrogen and oxygen atoms in total. The molecular weight excluding hydrogens is 417 g/mol. The van der Waals surface area contributed by atoms with Crippen LogP contribution in [0.5, 0.6) is 0 Å². The Hall–Kier alpha value is -2.91. The van der Waals surface area contributed by atoms with Crippen LogP contribution in [0.1, 0.15) is 16.2 Å². The number of rotatable bonds is 7. The van der Waals surface area contributed by atoms with Gasteiger partial charge in [-0.05, 0) is 36.4 Å². The summed E-state index contributed by atoms with van der Waals surface area (Å²) in [6, 6.07) is 12.3. The molecule has 2 N–H and O–H groups in total. The molecule has 0 atom stereocenters. The third-order valence-electron chi connectivity index (χ3n) is 3.91. The molecule has 0 unspecified atom stereocenters. The number of carbonyl (C=O) groups is 2. The molecule has 0 saturated carbocycles. The molecule has 1 heterocycles. The number of nitrogens with one attached hydrogen (secondary N) is 2. The lowest BCUT2D eigenvalue weighted by atomic mass is 10.2. The van der Waals surface area contributed by atoms with Gasteiger partial charge >= 0.3 is 0 Å². The van der Waals surface area contributed by atoms with E-state index in [1.165, 1.54) is 36.0 Å². The zero-order chi connectivity index (χ0) is 20.8. The molecule has 0 radical (unpaired) electrons. The van der Waals surface area contributed by atoms with Crippen molar-refractivity contribution in [2.45, 2.75) is 11.7 Å². The summed E-state index contributed by atoms with van der Waals surface area (Å²) in [7, 11) is 1.75. The molecule has 3 rings (SSSR count). The monoisotopic (exact) mass is 433 g/mol. The smallest absolute Gasteiger partial charge is 0.253 e. The quantitative estimate of drug-likeness (QED) is 0.558. The molecule has 1 aromatic heterocycles. The molecule has 0 bridgehead atoms. The first-order chi connectivity index (χ1) is 13.9. The number of anilines is 1. The van der Waals surface area contributed by atoms with Gasteiger partial charge < -0.3 is 15.2 Å². The van der Waals surface area contributed by atoms with Crippen LogP contribution >= 0.6 is 23.4 Å². The van der Waals surface area contributed by atoms with E-state index >= 15 is 0 Å². The normalized spacial score (nSPS) is 10.6. The molecule has 0 aliphatic carbocycles. The summed E-state index contributed by atoms with van der Waals surface area (Å²) < 4.78 is 14.6. The first-order valence-electron chi connectivity index (χ1n) is 8.53. The summed E-state index contributed by atoms with van der Waals surface area (Å²) in [5, 5.41) is 14.4. The van der Waals surface area contributed by atoms with Gasteiger partial charge in [-0.2, -0.15) is 0 Å². The van der Waals surface area contributed by atoms with E-state index < -0.39 is 0 Å². The number of thioether (sulfide) groups is 1. The van der Waals surface area contributed by atoms with Gasteiger partial charge in [0.25, 0.3) is 5.91 Å². The van der Waals surface area contributed by atoms with Crippen molar-refractivity contribution in [3.8, 4) is 0 Å². The standard InChI is InChI=1S/C19H17ClFN5O2S/c1-26-16(10-22-18(28)14-4-2-3-5-15(14)20)24-25-19(26)29-11-17(27)23-13-8-6-12(21)7-9-13/h2-9H,10-11H2,1H3,(H,22,28)(H,23,27). The minimum Gasteiger partial charge on any atom is -0.345 e. The predicted molar refractivity (Wildman–Crippen MR) is 109 cm³/mol. The van der Waals surface area contributed by atoms with E-state index in [4.69, 9.17) is 11.6 Å². The number of amides is 2. The highest BCUT2D eigenvalue weighted by Crippen LogP contribution is 2.17. The SMILES string of the molecule is Cn1c(CNC(=O)c2ccccc2Cl)nnc1SCC(=O)Nc1ccc(F)cc1. The average molecular weight is 434 g/mol. The fraction of sp³-hybridized carbons (Fsp3) is 0.158. The highest BCUT2D eigenvalue weighted by molar-refractivity contribution is 7.99. The number of benzene rings is 2. The first-order valence-corrected chi connectivity index (χ1v) is 9.89. The van der Waals surface area contributed by atoms with E-state index in [0.717, 1.165) is 0 Å². The van der Waals surface area contributed by atoms with Crippen LogP contribution in [0.2, 0.25) is 5.02 Å². The van der Waals surface area contributed by atoms with Crippen LogP contribution in [0, 0.1) is 5.82 Å². The summed E-state index contributed by atoms with van der Waals surface area (Å²) in [6.07, 6.45) is 0. The van der Waals surface area contributed by atoms with Gasteiger partial charge in [-0.1, -0.05) is 35.5 Å². The lowest BCUT2D eigenvalue weighted by Crippen LogP contribution is -2.24. The molecular formula is C19H17ClFN5O2S. The molecule has 0 aliphatic rings. The number of nitrogens with zero attached hydrogens (tertiary/aromatic N) is 3. The summed E-state index contributed by atoms with van der Waals surface area (Å²) in [6.45, 7) is 0.163. The molecule has 2 amide bonds. The van der Waals surface area contributed by atoms with Gasteiger partial charge in [-0.3, -0.25) is 9.59 Å². The van der Waals surface area contributed by atoms with Gasteiger partial charge in [0.15, 0.2) is 11.0 Å². The van der Waals surface area contributed by atoms with Crippen molar-refractivity contribution in [2.24, 2.45) is 7.05 Å². The minimum absolute atomic E-state index is 0.106. The Labute approximate surface area is 175 Å². The maximum atomic E-state index is 12.9. The Balaban J connectivity index is 1.52. The minimum atomic E-state index is -0.370. The lowest BCUT2D eigenvalue weighted by molar-refractivity contribution is -0.113. The number of halogens is 2. The molecule has 2 aromatic carbocycles. The fourth-order valence-electron chi connectivity index (χ4n) is 2.38. The largest absolute Gasteiger partial charge is 0.345 e. The van der Waals surface area contributed by atoms with Crippen molar-refractivity contribution in [3.05, 3.63) is 70.8 Å². The second-order valence-electron chi connectivity index (χ2n) is 5.96. The van der Waals surface area contributed by atoms with Gasteiger partial charge in [0, 0.05) is 12.7 Å². The van der Waals surface area contributed by atoms with Crippen molar-refractivity contribution in [1.29, 1.82) is 0 Å². The van der Waals surface area contributed by atoms with Crippen LogP contribution in [0.4, 0.5) is 10.1 Å². The van der Waals surface area contributed by atoms with Gasteiger partial charge in [0.05, 0.1) is 22.9 Å². The van der Waals surface area contributed by atoms with E-state index in [0.29, 0.717) is 27.3 Å². The van der Waals surface area contributed by atoms with E-state index in [9.17, 15) is 14.0 Å². The fourth-order valence-corrected chi connectivity index (χ4v) is 3.34. The van der Waals surface area contributed by atoms with Crippen molar-refractivity contribution < 1.29 is 14.0 Å². The van der Waals surface area contributed by atoms with Crippen LogP contribution in [-0.2, 0) is 18.4 Å². The Morgan fingerprint density at radius 2 is 1.86 bits per heavy atom.